The SMILES string of the molecule is C=CC(=O)c1ccc(OCC)cc1. The summed E-state index contributed by atoms with van der Waals surface area (Å²) in [6.07, 6.45) is 1.30. The first kappa shape index (κ1) is 9.52. The highest BCUT2D eigenvalue weighted by molar-refractivity contribution is 6.04. The van der Waals surface area contributed by atoms with Crippen molar-refractivity contribution in [2.24, 2.45) is 0 Å². The highest BCUT2D eigenvalue weighted by Gasteiger charge is 1.99. The van der Waals surface area contributed by atoms with Gasteiger partial charge in [-0.2, -0.15) is 0 Å². The molecular weight excluding hydrogens is 164 g/mol. The third-order valence-corrected chi connectivity index (χ3v) is 1.64. The van der Waals surface area contributed by atoms with Gasteiger partial charge in [-0.15, -0.1) is 0 Å². The number of ketones is 1. The first-order chi connectivity index (χ1) is 6.27. The summed E-state index contributed by atoms with van der Waals surface area (Å²) in [5, 5.41) is 0. The van der Waals surface area contributed by atoms with Gasteiger partial charge in [0.2, 0.25) is 0 Å². The van der Waals surface area contributed by atoms with Crippen molar-refractivity contribution in [2.75, 3.05) is 6.61 Å². The molecule has 0 bridgehead atoms. The molecule has 0 fully saturated rings. The third-order valence-electron chi connectivity index (χ3n) is 1.64. The minimum absolute atomic E-state index is 0.0666. The smallest absolute Gasteiger partial charge is 0.185 e. The summed E-state index contributed by atoms with van der Waals surface area (Å²) in [6.45, 7) is 5.97. The van der Waals surface area contributed by atoms with Crippen LogP contribution in [0.5, 0.6) is 5.75 Å². The molecule has 0 N–H and O–H groups in total. The molecule has 0 unspecified atom stereocenters. The lowest BCUT2D eigenvalue weighted by Crippen LogP contribution is -1.95. The lowest BCUT2D eigenvalue weighted by Gasteiger charge is -2.02. The van der Waals surface area contributed by atoms with Crippen molar-refractivity contribution >= 4 is 5.78 Å². The van der Waals surface area contributed by atoms with Gasteiger partial charge in [-0.1, -0.05) is 6.58 Å². The van der Waals surface area contributed by atoms with Crippen LogP contribution >= 0.6 is 0 Å². The summed E-state index contributed by atoms with van der Waals surface area (Å²) in [4.78, 5) is 11.1. The quantitative estimate of drug-likeness (QED) is 0.520. The van der Waals surface area contributed by atoms with Gasteiger partial charge in [0.15, 0.2) is 5.78 Å². The van der Waals surface area contributed by atoms with Crippen LogP contribution in [0.3, 0.4) is 0 Å². The molecule has 1 aromatic rings. The zero-order chi connectivity index (χ0) is 9.68. The normalized spacial score (nSPS) is 9.31. The van der Waals surface area contributed by atoms with Gasteiger partial charge < -0.3 is 4.74 Å². The fourth-order valence-electron chi connectivity index (χ4n) is 1.000. The fraction of sp³-hybridized carbons (Fsp3) is 0.182. The summed E-state index contributed by atoms with van der Waals surface area (Å²) < 4.78 is 5.24. The van der Waals surface area contributed by atoms with Crippen molar-refractivity contribution in [2.45, 2.75) is 6.92 Å². The van der Waals surface area contributed by atoms with Crippen molar-refractivity contribution in [3.63, 3.8) is 0 Å². The number of carbonyl (C=O) groups is 1. The van der Waals surface area contributed by atoms with Gasteiger partial charge in [0.1, 0.15) is 5.75 Å². The molecule has 0 aromatic heterocycles. The van der Waals surface area contributed by atoms with E-state index < -0.39 is 0 Å². The van der Waals surface area contributed by atoms with E-state index >= 15 is 0 Å². The Bertz CT molecular complexity index is 298. The fourth-order valence-corrected chi connectivity index (χ4v) is 1.000. The van der Waals surface area contributed by atoms with Crippen LogP contribution in [0.2, 0.25) is 0 Å². The predicted octanol–water partition coefficient (Wildman–Crippen LogP) is 2.45. The van der Waals surface area contributed by atoms with E-state index in [0.29, 0.717) is 12.2 Å². The lowest BCUT2D eigenvalue weighted by atomic mass is 10.1. The molecule has 0 saturated carbocycles. The van der Waals surface area contributed by atoms with Gasteiger partial charge in [-0.3, -0.25) is 4.79 Å². The minimum atomic E-state index is -0.0666. The summed E-state index contributed by atoms with van der Waals surface area (Å²) in [7, 11) is 0. The van der Waals surface area contributed by atoms with Crippen molar-refractivity contribution in [1.82, 2.24) is 0 Å². The Balaban J connectivity index is 2.80. The number of allylic oxidation sites excluding steroid dienone is 1. The van der Waals surface area contributed by atoms with E-state index in [4.69, 9.17) is 4.74 Å². The van der Waals surface area contributed by atoms with Crippen LogP contribution in [0.15, 0.2) is 36.9 Å². The lowest BCUT2D eigenvalue weighted by molar-refractivity contribution is 0.104. The third kappa shape index (κ3) is 2.44. The number of hydrogen-bond donors (Lipinski definition) is 0. The Morgan fingerprint density at radius 1 is 1.46 bits per heavy atom. The van der Waals surface area contributed by atoms with E-state index in [1.54, 1.807) is 24.3 Å². The van der Waals surface area contributed by atoms with Crippen LogP contribution in [-0.2, 0) is 0 Å². The van der Waals surface area contributed by atoms with Gasteiger partial charge in [0, 0.05) is 5.56 Å². The number of benzene rings is 1. The van der Waals surface area contributed by atoms with E-state index in [-0.39, 0.29) is 5.78 Å². The zero-order valence-corrected chi connectivity index (χ0v) is 7.62. The number of rotatable bonds is 4. The maximum atomic E-state index is 11.1. The van der Waals surface area contributed by atoms with Gasteiger partial charge in [-0.25, -0.2) is 0 Å². The average molecular weight is 176 g/mol. The molecule has 1 rings (SSSR count). The minimum Gasteiger partial charge on any atom is -0.494 e. The van der Waals surface area contributed by atoms with E-state index in [1.807, 2.05) is 6.92 Å². The predicted molar refractivity (Wildman–Crippen MR) is 52.1 cm³/mol. The second kappa shape index (κ2) is 4.45. The molecule has 0 atom stereocenters. The second-order valence-electron chi connectivity index (χ2n) is 2.53. The Hall–Kier alpha value is -1.57. The number of hydrogen-bond acceptors (Lipinski definition) is 2. The topological polar surface area (TPSA) is 26.3 Å². The zero-order valence-electron chi connectivity index (χ0n) is 7.62. The monoisotopic (exact) mass is 176 g/mol. The molecule has 0 amide bonds. The molecule has 13 heavy (non-hydrogen) atoms. The van der Waals surface area contributed by atoms with Crippen LogP contribution in [0.25, 0.3) is 0 Å². The Morgan fingerprint density at radius 2 is 2.08 bits per heavy atom. The van der Waals surface area contributed by atoms with Crippen LogP contribution < -0.4 is 4.74 Å². The van der Waals surface area contributed by atoms with E-state index in [9.17, 15) is 4.79 Å². The first-order valence-electron chi connectivity index (χ1n) is 4.17. The van der Waals surface area contributed by atoms with Crippen LogP contribution in [0, 0.1) is 0 Å². The largest absolute Gasteiger partial charge is 0.494 e. The van der Waals surface area contributed by atoms with E-state index in [1.165, 1.54) is 6.08 Å². The van der Waals surface area contributed by atoms with Gasteiger partial charge >= 0.3 is 0 Å². The summed E-state index contributed by atoms with van der Waals surface area (Å²) in [6, 6.07) is 7.02. The van der Waals surface area contributed by atoms with Crippen LogP contribution in [0.4, 0.5) is 0 Å². The molecule has 0 aliphatic heterocycles. The highest BCUT2D eigenvalue weighted by Crippen LogP contribution is 2.12. The van der Waals surface area contributed by atoms with Gasteiger partial charge in [0.05, 0.1) is 6.61 Å². The molecular formula is C11H12O2. The van der Waals surface area contributed by atoms with Crippen LogP contribution in [0.1, 0.15) is 17.3 Å². The summed E-state index contributed by atoms with van der Waals surface area (Å²) >= 11 is 0. The number of ether oxygens (including phenoxy) is 1. The molecule has 2 heteroatoms. The maximum Gasteiger partial charge on any atom is 0.185 e. The van der Waals surface area contributed by atoms with Crippen molar-refractivity contribution in [1.29, 1.82) is 0 Å². The highest BCUT2D eigenvalue weighted by atomic mass is 16.5. The molecule has 0 radical (unpaired) electrons. The molecule has 1 aromatic carbocycles. The Morgan fingerprint density at radius 3 is 2.54 bits per heavy atom. The summed E-state index contributed by atoms with van der Waals surface area (Å²) in [5.74, 6) is 0.714. The second-order valence-corrected chi connectivity index (χ2v) is 2.53. The Kier molecular flexibility index (Phi) is 3.26. The van der Waals surface area contributed by atoms with Crippen molar-refractivity contribution in [3.05, 3.63) is 42.5 Å². The average Bonchev–Trinajstić information content (AvgIpc) is 2.18. The first-order valence-corrected chi connectivity index (χ1v) is 4.17. The maximum absolute atomic E-state index is 11.1. The van der Waals surface area contributed by atoms with Crippen molar-refractivity contribution in [3.8, 4) is 5.75 Å². The van der Waals surface area contributed by atoms with Gasteiger partial charge in [0.25, 0.3) is 0 Å². The molecule has 0 heterocycles. The van der Waals surface area contributed by atoms with Crippen LogP contribution in [-0.4, -0.2) is 12.4 Å². The molecule has 0 aliphatic rings. The van der Waals surface area contributed by atoms with E-state index in [0.717, 1.165) is 5.75 Å². The number of carbonyl (C=O) groups excluding carboxylic acids is 1. The van der Waals surface area contributed by atoms with Gasteiger partial charge in [-0.05, 0) is 37.3 Å². The van der Waals surface area contributed by atoms with E-state index in [2.05, 4.69) is 6.58 Å². The molecule has 2 nitrogen and oxygen atoms in total. The van der Waals surface area contributed by atoms with Crippen molar-refractivity contribution < 1.29 is 9.53 Å². The summed E-state index contributed by atoms with van der Waals surface area (Å²) in [5.41, 5.74) is 0.637. The Labute approximate surface area is 77.8 Å². The molecule has 0 saturated heterocycles. The molecule has 68 valence electrons. The molecule has 0 aliphatic carbocycles. The standard InChI is InChI=1S/C11H12O2/c1-3-11(12)9-5-7-10(8-6-9)13-4-2/h3,5-8H,1,4H2,2H3. The molecule has 0 spiro atoms.